The van der Waals surface area contributed by atoms with E-state index in [0.29, 0.717) is 5.75 Å². The van der Waals surface area contributed by atoms with Crippen LogP contribution in [-0.4, -0.2) is 46.3 Å². The summed E-state index contributed by atoms with van der Waals surface area (Å²) in [5.74, 6) is -0.0192. The summed E-state index contributed by atoms with van der Waals surface area (Å²) in [7, 11) is 0. The maximum Gasteiger partial charge on any atom is 0.411 e. The Morgan fingerprint density at radius 2 is 2.12 bits per heavy atom. The van der Waals surface area contributed by atoms with Crippen LogP contribution in [0.5, 0.6) is 0 Å². The lowest BCUT2D eigenvalue weighted by Gasteiger charge is -2.32. The molecule has 2 atom stereocenters. The first-order valence-corrected chi connectivity index (χ1v) is 6.39. The average Bonchev–Trinajstić information content (AvgIpc) is 2.44. The standard InChI is InChI=1S/C10H17NO4S/c1-10(2,3)8-11(9(13)14)6(5-16-4)7(12)15-8/h6,8H,5H2,1-4H3,(H,13,14)/t6-,8-/m1/s1. The third-order valence-electron chi connectivity index (χ3n) is 2.37. The highest BCUT2D eigenvalue weighted by molar-refractivity contribution is 7.98. The Morgan fingerprint density at radius 1 is 1.56 bits per heavy atom. The average molecular weight is 247 g/mol. The second-order valence-corrected chi connectivity index (χ2v) is 5.73. The zero-order valence-corrected chi connectivity index (χ0v) is 10.7. The molecule has 1 aliphatic heterocycles. The zero-order chi connectivity index (χ0) is 12.5. The lowest BCUT2D eigenvalue weighted by atomic mass is 9.93. The first kappa shape index (κ1) is 13.2. The molecular weight excluding hydrogens is 230 g/mol. The van der Waals surface area contributed by atoms with Crippen molar-refractivity contribution >= 4 is 23.8 Å². The van der Waals surface area contributed by atoms with Crippen molar-refractivity contribution < 1.29 is 19.4 Å². The number of ether oxygens (including phenoxy) is 1. The SMILES string of the molecule is CSC[C@@H]1C(=O)O[C@H](C(C)(C)C)N1C(=O)O. The lowest BCUT2D eigenvalue weighted by molar-refractivity contribution is -0.147. The summed E-state index contributed by atoms with van der Waals surface area (Å²) in [5.41, 5.74) is -0.415. The molecule has 0 saturated carbocycles. The van der Waals surface area contributed by atoms with Crippen molar-refractivity contribution in [1.82, 2.24) is 4.90 Å². The first-order chi connectivity index (χ1) is 7.29. The maximum atomic E-state index is 11.6. The van der Waals surface area contributed by atoms with Gasteiger partial charge in [0.05, 0.1) is 0 Å². The van der Waals surface area contributed by atoms with Gasteiger partial charge in [-0.3, -0.25) is 4.90 Å². The number of esters is 1. The Bertz CT molecular complexity index is 300. The molecule has 1 aliphatic rings. The molecule has 1 heterocycles. The number of hydrogen-bond acceptors (Lipinski definition) is 4. The van der Waals surface area contributed by atoms with Crippen LogP contribution in [-0.2, 0) is 9.53 Å². The van der Waals surface area contributed by atoms with E-state index in [4.69, 9.17) is 9.84 Å². The molecule has 0 aromatic carbocycles. The summed E-state index contributed by atoms with van der Waals surface area (Å²) in [6, 6.07) is -0.684. The second-order valence-electron chi connectivity index (χ2n) is 4.82. The highest BCUT2D eigenvalue weighted by Crippen LogP contribution is 2.33. The predicted molar refractivity (Wildman–Crippen MR) is 61.4 cm³/mol. The quantitative estimate of drug-likeness (QED) is 0.751. The number of carbonyl (C=O) groups excluding carboxylic acids is 1. The molecule has 0 radical (unpaired) electrons. The molecule has 16 heavy (non-hydrogen) atoms. The van der Waals surface area contributed by atoms with E-state index in [2.05, 4.69) is 0 Å². The monoisotopic (exact) mass is 247 g/mol. The van der Waals surface area contributed by atoms with Crippen molar-refractivity contribution in [2.45, 2.75) is 33.0 Å². The van der Waals surface area contributed by atoms with E-state index in [9.17, 15) is 9.59 Å². The van der Waals surface area contributed by atoms with Gasteiger partial charge in [-0.2, -0.15) is 11.8 Å². The van der Waals surface area contributed by atoms with Crippen LogP contribution in [0.1, 0.15) is 20.8 Å². The van der Waals surface area contributed by atoms with Crippen molar-refractivity contribution in [1.29, 1.82) is 0 Å². The van der Waals surface area contributed by atoms with E-state index in [1.807, 2.05) is 27.0 Å². The van der Waals surface area contributed by atoms with E-state index >= 15 is 0 Å². The smallest absolute Gasteiger partial charge is 0.411 e. The molecule has 0 aromatic heterocycles. The lowest BCUT2D eigenvalue weighted by Crippen LogP contribution is -2.48. The van der Waals surface area contributed by atoms with Gasteiger partial charge < -0.3 is 9.84 Å². The molecule has 1 fully saturated rings. The van der Waals surface area contributed by atoms with Crippen LogP contribution in [0.15, 0.2) is 0 Å². The zero-order valence-electron chi connectivity index (χ0n) is 9.89. The van der Waals surface area contributed by atoms with Crippen molar-refractivity contribution in [2.75, 3.05) is 12.0 Å². The molecule has 0 spiro atoms. The van der Waals surface area contributed by atoms with E-state index in [0.717, 1.165) is 4.90 Å². The van der Waals surface area contributed by atoms with Crippen LogP contribution in [0.2, 0.25) is 0 Å². The van der Waals surface area contributed by atoms with Gasteiger partial charge in [0, 0.05) is 11.2 Å². The van der Waals surface area contributed by atoms with Crippen LogP contribution < -0.4 is 0 Å². The minimum atomic E-state index is -1.11. The van der Waals surface area contributed by atoms with Crippen molar-refractivity contribution in [3.63, 3.8) is 0 Å². The number of cyclic esters (lactones) is 1. The highest BCUT2D eigenvalue weighted by atomic mass is 32.2. The number of thioether (sulfide) groups is 1. The number of amides is 1. The van der Waals surface area contributed by atoms with Gasteiger partial charge in [-0.1, -0.05) is 20.8 Å². The van der Waals surface area contributed by atoms with E-state index < -0.39 is 29.7 Å². The summed E-state index contributed by atoms with van der Waals surface area (Å²) in [4.78, 5) is 23.9. The normalized spacial score (nSPS) is 25.8. The van der Waals surface area contributed by atoms with Crippen LogP contribution in [0, 0.1) is 5.41 Å². The molecular formula is C10H17NO4S. The molecule has 0 aliphatic carbocycles. The molecule has 0 bridgehead atoms. The molecule has 1 N–H and O–H groups in total. The highest BCUT2D eigenvalue weighted by Gasteiger charge is 2.49. The van der Waals surface area contributed by atoms with Crippen molar-refractivity contribution in [2.24, 2.45) is 5.41 Å². The van der Waals surface area contributed by atoms with Gasteiger partial charge in [-0.25, -0.2) is 9.59 Å². The third kappa shape index (κ3) is 2.42. The number of hydrogen-bond donors (Lipinski definition) is 1. The molecule has 0 unspecified atom stereocenters. The van der Waals surface area contributed by atoms with Gasteiger partial charge in [0.25, 0.3) is 0 Å². The molecule has 1 saturated heterocycles. The minimum Gasteiger partial charge on any atom is -0.465 e. The predicted octanol–water partition coefficient (Wildman–Crippen LogP) is 1.63. The summed E-state index contributed by atoms with van der Waals surface area (Å²) in [6.45, 7) is 5.55. The first-order valence-electron chi connectivity index (χ1n) is 4.99. The van der Waals surface area contributed by atoms with Gasteiger partial charge >= 0.3 is 12.1 Å². The van der Waals surface area contributed by atoms with Crippen molar-refractivity contribution in [3.8, 4) is 0 Å². The molecule has 6 heteroatoms. The van der Waals surface area contributed by atoms with E-state index in [1.165, 1.54) is 11.8 Å². The van der Waals surface area contributed by atoms with Gasteiger partial charge in [0.1, 0.15) is 6.04 Å². The minimum absolute atomic E-state index is 0.415. The van der Waals surface area contributed by atoms with E-state index in [1.54, 1.807) is 0 Å². The number of carbonyl (C=O) groups is 2. The van der Waals surface area contributed by atoms with Gasteiger partial charge in [0.15, 0.2) is 6.23 Å². The largest absolute Gasteiger partial charge is 0.465 e. The van der Waals surface area contributed by atoms with Crippen LogP contribution in [0.25, 0.3) is 0 Å². The second kappa shape index (κ2) is 4.53. The molecule has 5 nitrogen and oxygen atoms in total. The number of rotatable bonds is 2. The summed E-state index contributed by atoms with van der Waals surface area (Å²) in [5, 5.41) is 9.15. The maximum absolute atomic E-state index is 11.6. The Hall–Kier alpha value is -0.910. The van der Waals surface area contributed by atoms with Gasteiger partial charge in [-0.05, 0) is 6.26 Å². The number of carboxylic acid groups (broad SMARTS) is 1. The Kier molecular flexibility index (Phi) is 3.72. The topological polar surface area (TPSA) is 66.8 Å². The van der Waals surface area contributed by atoms with E-state index in [-0.39, 0.29) is 0 Å². The van der Waals surface area contributed by atoms with Crippen LogP contribution >= 0.6 is 11.8 Å². The van der Waals surface area contributed by atoms with Crippen LogP contribution in [0.4, 0.5) is 4.79 Å². The fourth-order valence-corrected chi connectivity index (χ4v) is 2.27. The Balaban J connectivity index is 2.98. The van der Waals surface area contributed by atoms with Crippen LogP contribution in [0.3, 0.4) is 0 Å². The third-order valence-corrected chi connectivity index (χ3v) is 3.02. The molecule has 1 amide bonds. The Morgan fingerprint density at radius 3 is 2.50 bits per heavy atom. The Labute approximate surface area is 99.1 Å². The van der Waals surface area contributed by atoms with Gasteiger partial charge in [0.2, 0.25) is 0 Å². The molecule has 0 aromatic rings. The van der Waals surface area contributed by atoms with Crippen molar-refractivity contribution in [3.05, 3.63) is 0 Å². The fourth-order valence-electron chi connectivity index (χ4n) is 1.66. The van der Waals surface area contributed by atoms with Gasteiger partial charge in [-0.15, -0.1) is 0 Å². The molecule has 1 rings (SSSR count). The molecule has 92 valence electrons. The fraction of sp³-hybridized carbons (Fsp3) is 0.800. The summed E-state index contributed by atoms with van der Waals surface area (Å²) < 4.78 is 5.16. The number of nitrogens with zero attached hydrogens (tertiary/aromatic N) is 1. The summed E-state index contributed by atoms with van der Waals surface area (Å²) >= 11 is 1.43. The summed E-state index contributed by atoms with van der Waals surface area (Å²) in [6.07, 6.45) is 0.0250.